The number of para-hydroxylation sites is 1. The second-order valence-electron chi connectivity index (χ2n) is 9.27. The molecule has 12 heteroatoms. The summed E-state index contributed by atoms with van der Waals surface area (Å²) in [4.78, 5) is 23.1. The van der Waals surface area contributed by atoms with Gasteiger partial charge in [0.1, 0.15) is 17.9 Å². The molecule has 4 rings (SSSR count). The minimum Gasteiger partial charge on any atom is -0.494 e. The van der Waals surface area contributed by atoms with Crippen LogP contribution in [0, 0.1) is 0 Å². The topological polar surface area (TPSA) is 134 Å². The molecule has 38 heavy (non-hydrogen) atoms. The maximum Gasteiger partial charge on any atom is 0.247 e. The number of methoxy groups -OCH3 is 1. The monoisotopic (exact) mass is 555 g/mol. The number of ether oxygens (including phenoxy) is 1. The molecule has 2 heterocycles. The smallest absolute Gasteiger partial charge is 0.247 e. The molecule has 0 aliphatic carbocycles. The van der Waals surface area contributed by atoms with Gasteiger partial charge in [0, 0.05) is 30.5 Å². The van der Waals surface area contributed by atoms with Crippen molar-refractivity contribution in [1.82, 2.24) is 9.97 Å². The van der Waals surface area contributed by atoms with Crippen LogP contribution in [0.2, 0.25) is 5.02 Å². The van der Waals surface area contributed by atoms with Crippen LogP contribution in [0.3, 0.4) is 0 Å². The third kappa shape index (κ3) is 6.27. The SMILES string of the molecule is C=CC(=O)Nc1cc(Nc2ncc(Cl)c(Nc3ccccc3P(C)(C)=O)n2)c(OC)cc1N1CCC(N)C1. The van der Waals surface area contributed by atoms with E-state index in [-0.39, 0.29) is 17.9 Å². The molecular formula is C26H31ClN7O3P. The van der Waals surface area contributed by atoms with E-state index in [2.05, 4.69) is 37.4 Å². The van der Waals surface area contributed by atoms with Gasteiger partial charge in [0.15, 0.2) is 5.82 Å². The molecule has 2 aromatic carbocycles. The van der Waals surface area contributed by atoms with Crippen molar-refractivity contribution in [2.24, 2.45) is 5.73 Å². The molecule has 0 bridgehead atoms. The standard InChI is InChI=1S/C26H31ClN7O3P/c1-5-24(35)30-19-12-20(22(37-2)13-21(19)34-11-10-16(28)15-34)32-26-29-14-17(27)25(33-26)31-18-8-6-7-9-23(18)38(3,4)36/h5-9,12-14,16H,1,10-11,15,28H2,2-4H3,(H,30,35)(H2,29,31,32,33). The summed E-state index contributed by atoms with van der Waals surface area (Å²) in [5, 5.41) is 10.2. The molecule has 1 fully saturated rings. The Hall–Kier alpha value is -3.59. The molecule has 0 radical (unpaired) electrons. The van der Waals surface area contributed by atoms with E-state index in [1.54, 1.807) is 26.5 Å². The fourth-order valence-electron chi connectivity index (χ4n) is 4.20. The molecule has 5 N–H and O–H groups in total. The summed E-state index contributed by atoms with van der Waals surface area (Å²) in [5.41, 5.74) is 8.64. The van der Waals surface area contributed by atoms with Crippen molar-refractivity contribution in [3.05, 3.63) is 60.3 Å². The first-order chi connectivity index (χ1) is 18.1. The molecule has 1 aliphatic rings. The number of rotatable bonds is 9. The molecule has 200 valence electrons. The largest absolute Gasteiger partial charge is 0.494 e. The number of nitrogens with two attached hydrogens (primary N) is 1. The fourth-order valence-corrected chi connectivity index (χ4v) is 5.49. The van der Waals surface area contributed by atoms with Crippen molar-refractivity contribution in [2.75, 3.05) is 54.4 Å². The highest BCUT2D eigenvalue weighted by Crippen LogP contribution is 2.40. The number of nitrogens with zero attached hydrogens (tertiary/aromatic N) is 3. The van der Waals surface area contributed by atoms with Gasteiger partial charge in [-0.15, -0.1) is 0 Å². The summed E-state index contributed by atoms with van der Waals surface area (Å²) in [7, 11) is -1.000. The minimum atomic E-state index is -2.56. The zero-order valence-electron chi connectivity index (χ0n) is 21.5. The van der Waals surface area contributed by atoms with Crippen LogP contribution in [-0.2, 0) is 9.36 Å². The summed E-state index contributed by atoms with van der Waals surface area (Å²) >= 11 is 6.40. The van der Waals surface area contributed by atoms with Crippen molar-refractivity contribution in [1.29, 1.82) is 0 Å². The zero-order chi connectivity index (χ0) is 27.4. The third-order valence-electron chi connectivity index (χ3n) is 6.05. The molecule has 1 unspecified atom stereocenters. The average molecular weight is 556 g/mol. The van der Waals surface area contributed by atoms with Crippen LogP contribution in [0.5, 0.6) is 5.75 Å². The van der Waals surface area contributed by atoms with E-state index < -0.39 is 7.14 Å². The molecular weight excluding hydrogens is 525 g/mol. The van der Waals surface area contributed by atoms with Crippen LogP contribution in [-0.4, -0.2) is 55.4 Å². The van der Waals surface area contributed by atoms with Crippen LogP contribution in [0.4, 0.5) is 34.5 Å². The molecule has 1 aliphatic heterocycles. The maximum atomic E-state index is 12.8. The zero-order valence-corrected chi connectivity index (χ0v) is 23.1. The summed E-state index contributed by atoms with van der Waals surface area (Å²) in [5.74, 6) is 0.754. The predicted molar refractivity (Wildman–Crippen MR) is 156 cm³/mol. The Morgan fingerprint density at radius 3 is 2.66 bits per heavy atom. The lowest BCUT2D eigenvalue weighted by atomic mass is 10.2. The van der Waals surface area contributed by atoms with Gasteiger partial charge in [0.05, 0.1) is 36.1 Å². The van der Waals surface area contributed by atoms with E-state index >= 15 is 0 Å². The van der Waals surface area contributed by atoms with Crippen LogP contribution >= 0.6 is 18.7 Å². The predicted octanol–water partition coefficient (Wildman–Crippen LogP) is 4.54. The second-order valence-corrected chi connectivity index (χ2v) is 12.9. The van der Waals surface area contributed by atoms with Gasteiger partial charge in [-0.1, -0.05) is 30.3 Å². The van der Waals surface area contributed by atoms with Crippen molar-refractivity contribution >= 4 is 64.5 Å². The van der Waals surface area contributed by atoms with Gasteiger partial charge in [-0.3, -0.25) is 4.79 Å². The van der Waals surface area contributed by atoms with Crippen LogP contribution in [0.15, 0.2) is 55.3 Å². The van der Waals surface area contributed by atoms with Gasteiger partial charge in [-0.2, -0.15) is 4.98 Å². The van der Waals surface area contributed by atoms with E-state index in [4.69, 9.17) is 22.1 Å². The number of hydrogen-bond donors (Lipinski definition) is 4. The molecule has 1 amide bonds. The summed E-state index contributed by atoms with van der Waals surface area (Å²) in [6.07, 6.45) is 3.52. The highest BCUT2D eigenvalue weighted by molar-refractivity contribution is 7.70. The summed E-state index contributed by atoms with van der Waals surface area (Å²) in [6, 6.07) is 11.0. The second kappa shape index (κ2) is 11.4. The Labute approximate surface area is 227 Å². The minimum absolute atomic E-state index is 0.0505. The van der Waals surface area contributed by atoms with Gasteiger partial charge >= 0.3 is 0 Å². The van der Waals surface area contributed by atoms with Crippen LogP contribution < -0.4 is 36.6 Å². The van der Waals surface area contributed by atoms with Crippen molar-refractivity contribution in [3.63, 3.8) is 0 Å². The average Bonchev–Trinajstić information content (AvgIpc) is 3.31. The summed E-state index contributed by atoms with van der Waals surface area (Å²) < 4.78 is 18.4. The first kappa shape index (κ1) is 27.4. The molecule has 0 saturated carbocycles. The van der Waals surface area contributed by atoms with E-state index in [0.29, 0.717) is 45.5 Å². The van der Waals surface area contributed by atoms with Crippen LogP contribution in [0.25, 0.3) is 0 Å². The van der Waals surface area contributed by atoms with Gasteiger partial charge in [0.2, 0.25) is 11.9 Å². The van der Waals surface area contributed by atoms with E-state index in [9.17, 15) is 9.36 Å². The molecule has 3 aromatic rings. The Bertz CT molecular complexity index is 1410. The van der Waals surface area contributed by atoms with E-state index in [0.717, 1.165) is 18.7 Å². The van der Waals surface area contributed by atoms with Gasteiger partial charge in [-0.25, -0.2) is 4.98 Å². The normalized spacial score (nSPS) is 15.2. The highest BCUT2D eigenvalue weighted by atomic mass is 35.5. The number of hydrogen-bond acceptors (Lipinski definition) is 9. The van der Waals surface area contributed by atoms with Gasteiger partial charge in [0.25, 0.3) is 0 Å². The van der Waals surface area contributed by atoms with E-state index in [1.165, 1.54) is 12.3 Å². The number of benzene rings is 2. The number of nitrogens with one attached hydrogen (secondary N) is 3. The van der Waals surface area contributed by atoms with E-state index in [1.807, 2.05) is 30.3 Å². The fraction of sp³-hybridized carbons (Fsp3) is 0.269. The Kier molecular flexibility index (Phi) is 8.26. The Morgan fingerprint density at radius 2 is 2.00 bits per heavy atom. The molecule has 0 spiro atoms. The third-order valence-corrected chi connectivity index (χ3v) is 7.88. The first-order valence-corrected chi connectivity index (χ1v) is 14.9. The highest BCUT2D eigenvalue weighted by Gasteiger charge is 2.24. The van der Waals surface area contributed by atoms with Crippen molar-refractivity contribution in [2.45, 2.75) is 12.5 Å². The van der Waals surface area contributed by atoms with Gasteiger partial charge in [-0.05, 0) is 44.0 Å². The van der Waals surface area contributed by atoms with Crippen molar-refractivity contribution < 1.29 is 14.1 Å². The van der Waals surface area contributed by atoms with Crippen molar-refractivity contribution in [3.8, 4) is 5.75 Å². The first-order valence-electron chi connectivity index (χ1n) is 12.0. The lowest BCUT2D eigenvalue weighted by Gasteiger charge is -2.24. The molecule has 1 aromatic heterocycles. The number of carbonyl (C=O) groups excluding carboxylic acids is 1. The molecule has 1 saturated heterocycles. The lowest BCUT2D eigenvalue weighted by molar-refractivity contribution is -0.111. The van der Waals surface area contributed by atoms with Crippen LogP contribution in [0.1, 0.15) is 6.42 Å². The molecule has 1 atom stereocenters. The number of aromatic nitrogens is 2. The Balaban J connectivity index is 1.69. The van der Waals surface area contributed by atoms with Gasteiger partial charge < -0.3 is 35.9 Å². The summed E-state index contributed by atoms with van der Waals surface area (Å²) in [6.45, 7) is 8.38. The maximum absolute atomic E-state index is 12.8. The number of carbonyl (C=O) groups is 1. The number of amides is 1. The lowest BCUT2D eigenvalue weighted by Crippen LogP contribution is -2.27. The quantitative estimate of drug-likeness (QED) is 0.222. The number of halogens is 1. The Morgan fingerprint density at radius 1 is 1.24 bits per heavy atom. The number of anilines is 6. The molecule has 10 nitrogen and oxygen atoms in total.